The summed E-state index contributed by atoms with van der Waals surface area (Å²) in [6.07, 6.45) is 3.20. The van der Waals surface area contributed by atoms with Crippen molar-refractivity contribution in [1.29, 1.82) is 0 Å². The molecule has 1 N–H and O–H groups in total. The molecule has 2 aromatic rings. The van der Waals surface area contributed by atoms with Gasteiger partial charge < -0.3 is 9.72 Å². The highest BCUT2D eigenvalue weighted by molar-refractivity contribution is 5.15. The third kappa shape index (κ3) is 3.30. The van der Waals surface area contributed by atoms with E-state index in [1.165, 1.54) is 0 Å². The summed E-state index contributed by atoms with van der Waals surface area (Å²) in [5.41, 5.74) is 3.18. The fraction of sp³-hybridized carbons (Fsp3) is 0.688. The number of aromatic nitrogens is 5. The molecule has 23 heavy (non-hydrogen) atoms. The number of likely N-dealkylation sites (tertiary alicyclic amines) is 1. The molecule has 3 heterocycles. The first kappa shape index (κ1) is 16.1. The number of hydrogen-bond donors (Lipinski definition) is 1. The number of methoxy groups -OCH3 is 1. The molecule has 2 aromatic heterocycles. The monoisotopic (exact) mass is 318 g/mol. The second-order valence-corrected chi connectivity index (χ2v) is 6.65. The van der Waals surface area contributed by atoms with E-state index < -0.39 is 0 Å². The second-order valence-electron chi connectivity index (χ2n) is 6.65. The average Bonchev–Trinajstić information content (AvgIpc) is 3.20. The number of hydrogen-bond acceptors (Lipinski definition) is 5. The number of rotatable bonds is 5. The molecule has 7 heteroatoms. The van der Waals surface area contributed by atoms with Crippen LogP contribution in [-0.2, 0) is 11.3 Å². The molecule has 7 nitrogen and oxygen atoms in total. The zero-order valence-electron chi connectivity index (χ0n) is 14.6. The molecular formula is C16H26N6O. The molecule has 0 spiro atoms. The Hall–Kier alpha value is -1.73. The minimum Gasteiger partial charge on any atom is -0.380 e. The van der Waals surface area contributed by atoms with E-state index in [1.54, 1.807) is 7.11 Å². The fourth-order valence-corrected chi connectivity index (χ4v) is 3.07. The first-order valence-electron chi connectivity index (χ1n) is 8.18. The van der Waals surface area contributed by atoms with Crippen LogP contribution in [0.4, 0.5) is 0 Å². The molecule has 1 fully saturated rings. The Morgan fingerprint density at radius 2 is 2.17 bits per heavy atom. The first-order chi connectivity index (χ1) is 11.0. The van der Waals surface area contributed by atoms with E-state index in [4.69, 9.17) is 9.72 Å². The lowest BCUT2D eigenvalue weighted by molar-refractivity contribution is 0.107. The van der Waals surface area contributed by atoms with Crippen molar-refractivity contribution in [3.63, 3.8) is 0 Å². The summed E-state index contributed by atoms with van der Waals surface area (Å²) in [5, 5.41) is 8.50. The average molecular weight is 318 g/mol. The van der Waals surface area contributed by atoms with Gasteiger partial charge in [-0.3, -0.25) is 4.90 Å². The molecule has 1 saturated heterocycles. The Balaban J connectivity index is 1.79. The Morgan fingerprint density at radius 3 is 2.74 bits per heavy atom. The van der Waals surface area contributed by atoms with Crippen LogP contribution in [0.2, 0.25) is 0 Å². The fourth-order valence-electron chi connectivity index (χ4n) is 3.07. The van der Waals surface area contributed by atoms with Gasteiger partial charge in [0.15, 0.2) is 0 Å². The van der Waals surface area contributed by atoms with E-state index in [-0.39, 0.29) is 12.1 Å². The van der Waals surface area contributed by atoms with Gasteiger partial charge in [0.2, 0.25) is 0 Å². The molecule has 126 valence electrons. The molecule has 0 aromatic carbocycles. The minimum absolute atomic E-state index is 0.228. The molecule has 3 rings (SSSR count). The van der Waals surface area contributed by atoms with Crippen LogP contribution in [0.15, 0.2) is 6.20 Å². The zero-order chi connectivity index (χ0) is 16.6. The van der Waals surface area contributed by atoms with Crippen molar-refractivity contribution in [2.75, 3.05) is 13.7 Å². The number of nitrogens with zero attached hydrogens (tertiary/aromatic N) is 5. The van der Waals surface area contributed by atoms with Crippen LogP contribution < -0.4 is 0 Å². The molecule has 0 amide bonds. The molecule has 0 aliphatic carbocycles. The molecule has 0 radical (unpaired) electrons. The third-order valence-corrected chi connectivity index (χ3v) is 4.61. The van der Waals surface area contributed by atoms with Crippen LogP contribution >= 0.6 is 0 Å². The summed E-state index contributed by atoms with van der Waals surface area (Å²) >= 11 is 0. The summed E-state index contributed by atoms with van der Waals surface area (Å²) < 4.78 is 7.48. The van der Waals surface area contributed by atoms with E-state index in [9.17, 15) is 0 Å². The predicted octanol–water partition coefficient (Wildman–Crippen LogP) is 2.16. The van der Waals surface area contributed by atoms with Crippen LogP contribution in [0.25, 0.3) is 0 Å². The van der Waals surface area contributed by atoms with Crippen molar-refractivity contribution in [3.8, 4) is 0 Å². The topological polar surface area (TPSA) is 71.9 Å². The Bertz CT molecular complexity index is 642. The van der Waals surface area contributed by atoms with Gasteiger partial charge in [0.05, 0.1) is 29.7 Å². The Labute approximate surface area is 137 Å². The highest BCUT2D eigenvalue weighted by Gasteiger charge is 2.35. The van der Waals surface area contributed by atoms with Gasteiger partial charge in [0, 0.05) is 31.9 Å². The maximum Gasteiger partial charge on any atom is 0.124 e. The van der Waals surface area contributed by atoms with Crippen LogP contribution in [0, 0.1) is 13.8 Å². The Kier molecular flexibility index (Phi) is 4.50. The van der Waals surface area contributed by atoms with Gasteiger partial charge in [-0.2, -0.15) is 0 Å². The van der Waals surface area contributed by atoms with Crippen molar-refractivity contribution < 1.29 is 4.74 Å². The predicted molar refractivity (Wildman–Crippen MR) is 87.0 cm³/mol. The maximum absolute atomic E-state index is 5.59. The van der Waals surface area contributed by atoms with E-state index in [0.717, 1.165) is 42.4 Å². The van der Waals surface area contributed by atoms with E-state index in [1.807, 2.05) is 17.8 Å². The van der Waals surface area contributed by atoms with Gasteiger partial charge >= 0.3 is 0 Å². The summed E-state index contributed by atoms with van der Waals surface area (Å²) in [5.74, 6) is 1.02. The lowest BCUT2D eigenvalue weighted by atomic mass is 10.2. The summed E-state index contributed by atoms with van der Waals surface area (Å²) in [7, 11) is 1.78. The van der Waals surface area contributed by atoms with Gasteiger partial charge in [0.25, 0.3) is 0 Å². The van der Waals surface area contributed by atoms with Crippen molar-refractivity contribution in [3.05, 3.63) is 29.1 Å². The number of aromatic amines is 1. The van der Waals surface area contributed by atoms with Crippen LogP contribution in [0.5, 0.6) is 0 Å². The molecule has 0 unspecified atom stereocenters. The van der Waals surface area contributed by atoms with Crippen LogP contribution in [-0.4, -0.2) is 49.6 Å². The number of nitrogens with one attached hydrogen (secondary N) is 1. The third-order valence-electron chi connectivity index (χ3n) is 4.61. The van der Waals surface area contributed by atoms with Crippen molar-refractivity contribution in [2.24, 2.45) is 0 Å². The quantitative estimate of drug-likeness (QED) is 0.914. The molecule has 0 bridgehead atoms. The van der Waals surface area contributed by atoms with Gasteiger partial charge in [0.1, 0.15) is 5.82 Å². The van der Waals surface area contributed by atoms with Gasteiger partial charge in [-0.15, -0.1) is 5.10 Å². The van der Waals surface area contributed by atoms with E-state index in [0.29, 0.717) is 6.04 Å². The number of H-pyrrole nitrogens is 1. The van der Waals surface area contributed by atoms with Crippen LogP contribution in [0.1, 0.15) is 55.3 Å². The van der Waals surface area contributed by atoms with Gasteiger partial charge in [-0.05, 0) is 34.1 Å². The molecular weight excluding hydrogens is 292 g/mol. The summed E-state index contributed by atoms with van der Waals surface area (Å²) in [6.45, 7) is 9.95. The van der Waals surface area contributed by atoms with E-state index in [2.05, 4.69) is 41.0 Å². The van der Waals surface area contributed by atoms with Crippen molar-refractivity contribution in [2.45, 2.75) is 58.8 Å². The molecule has 2 atom stereocenters. The lowest BCUT2D eigenvalue weighted by Crippen LogP contribution is -2.25. The van der Waals surface area contributed by atoms with Crippen LogP contribution in [0.3, 0.4) is 0 Å². The van der Waals surface area contributed by atoms with Crippen molar-refractivity contribution >= 4 is 0 Å². The zero-order valence-corrected chi connectivity index (χ0v) is 14.6. The molecule has 1 aliphatic heterocycles. The van der Waals surface area contributed by atoms with Gasteiger partial charge in [-0.1, -0.05) is 5.21 Å². The number of imidazole rings is 1. The molecule has 0 saturated carbocycles. The smallest absolute Gasteiger partial charge is 0.124 e. The molecule has 1 aliphatic rings. The maximum atomic E-state index is 5.59. The summed E-state index contributed by atoms with van der Waals surface area (Å²) in [6, 6.07) is 0.560. The SMILES string of the molecule is CO[C@@H]1C[C@@H](c2nc(C)c(C)[nH]2)N(Cc2cn(C(C)C)nn2)C1. The highest BCUT2D eigenvalue weighted by atomic mass is 16.5. The number of aryl methyl sites for hydroxylation is 2. The minimum atomic E-state index is 0.228. The van der Waals surface area contributed by atoms with Crippen molar-refractivity contribution in [1.82, 2.24) is 29.9 Å². The Morgan fingerprint density at radius 1 is 1.39 bits per heavy atom. The first-order valence-corrected chi connectivity index (χ1v) is 8.18. The highest BCUT2D eigenvalue weighted by Crippen LogP contribution is 2.33. The standard InChI is InChI=1S/C16H26N6O/c1-10(2)22-8-13(19-20-22)7-21-9-14(23-5)6-15(21)16-17-11(3)12(4)18-16/h8,10,14-15H,6-7,9H2,1-5H3,(H,17,18)/t14-,15+/m1/s1. The lowest BCUT2D eigenvalue weighted by Gasteiger charge is -2.21. The second kappa shape index (κ2) is 6.41. The number of ether oxygens (including phenoxy) is 1. The summed E-state index contributed by atoms with van der Waals surface area (Å²) in [4.78, 5) is 10.5. The van der Waals surface area contributed by atoms with E-state index >= 15 is 0 Å². The largest absolute Gasteiger partial charge is 0.380 e. The van der Waals surface area contributed by atoms with Gasteiger partial charge in [-0.25, -0.2) is 9.67 Å². The normalized spacial score (nSPS) is 22.3.